The highest BCUT2D eigenvalue weighted by atomic mass is 16.1. The standard InChI is InChI=1S/C10H10N2O/c1-6-3-11-10-9(8(6)5-13)7(2)4-12-10/h3-5H,1-2H3,(H,11,12). The zero-order valence-electron chi connectivity index (χ0n) is 7.59. The minimum Gasteiger partial charge on any atom is -0.346 e. The van der Waals surface area contributed by atoms with Crippen molar-refractivity contribution in [2.75, 3.05) is 0 Å². The van der Waals surface area contributed by atoms with Crippen molar-refractivity contribution in [2.45, 2.75) is 13.8 Å². The summed E-state index contributed by atoms with van der Waals surface area (Å²) < 4.78 is 0. The van der Waals surface area contributed by atoms with Crippen molar-refractivity contribution in [2.24, 2.45) is 0 Å². The average molecular weight is 174 g/mol. The lowest BCUT2D eigenvalue weighted by Gasteiger charge is -1.99. The molecular weight excluding hydrogens is 164 g/mol. The van der Waals surface area contributed by atoms with E-state index in [4.69, 9.17) is 0 Å². The molecule has 2 rings (SSSR count). The first-order chi connectivity index (χ1) is 6.24. The Morgan fingerprint density at radius 2 is 2.15 bits per heavy atom. The summed E-state index contributed by atoms with van der Waals surface area (Å²) in [7, 11) is 0. The predicted molar refractivity (Wildman–Crippen MR) is 51.0 cm³/mol. The Hall–Kier alpha value is -1.64. The quantitative estimate of drug-likeness (QED) is 0.672. The average Bonchev–Trinajstić information content (AvgIpc) is 2.49. The first kappa shape index (κ1) is 7.98. The lowest BCUT2D eigenvalue weighted by Crippen LogP contribution is -1.90. The maximum Gasteiger partial charge on any atom is 0.151 e. The van der Waals surface area contributed by atoms with E-state index in [9.17, 15) is 4.79 Å². The Balaban J connectivity index is 2.96. The molecule has 13 heavy (non-hydrogen) atoms. The number of aromatic amines is 1. The Bertz CT molecular complexity index is 471. The predicted octanol–water partition coefficient (Wildman–Crippen LogP) is 1.99. The van der Waals surface area contributed by atoms with E-state index in [-0.39, 0.29) is 0 Å². The lowest BCUT2D eigenvalue weighted by molar-refractivity contribution is 0.112. The largest absolute Gasteiger partial charge is 0.346 e. The summed E-state index contributed by atoms with van der Waals surface area (Å²) in [5.41, 5.74) is 3.51. The number of aldehydes is 1. The number of H-pyrrole nitrogens is 1. The third-order valence-electron chi connectivity index (χ3n) is 2.26. The van der Waals surface area contributed by atoms with Crippen LogP contribution in [-0.4, -0.2) is 16.3 Å². The molecular formula is C10H10N2O. The molecule has 66 valence electrons. The van der Waals surface area contributed by atoms with Crippen molar-refractivity contribution in [3.05, 3.63) is 29.1 Å². The lowest BCUT2D eigenvalue weighted by atomic mass is 10.1. The van der Waals surface area contributed by atoms with E-state index < -0.39 is 0 Å². The van der Waals surface area contributed by atoms with Gasteiger partial charge < -0.3 is 4.98 Å². The first-order valence-corrected chi connectivity index (χ1v) is 4.12. The number of hydrogen-bond donors (Lipinski definition) is 1. The smallest absolute Gasteiger partial charge is 0.151 e. The number of nitrogens with zero attached hydrogens (tertiary/aromatic N) is 1. The number of carbonyl (C=O) groups is 1. The third kappa shape index (κ3) is 1.04. The minimum atomic E-state index is 0.740. The van der Waals surface area contributed by atoms with Crippen LogP contribution in [0.15, 0.2) is 12.4 Å². The highest BCUT2D eigenvalue weighted by Crippen LogP contribution is 2.21. The number of aromatic nitrogens is 2. The van der Waals surface area contributed by atoms with Gasteiger partial charge >= 0.3 is 0 Å². The molecule has 0 amide bonds. The topological polar surface area (TPSA) is 45.8 Å². The monoisotopic (exact) mass is 174 g/mol. The van der Waals surface area contributed by atoms with Gasteiger partial charge in [0.25, 0.3) is 0 Å². The fourth-order valence-corrected chi connectivity index (χ4v) is 1.53. The van der Waals surface area contributed by atoms with Gasteiger partial charge in [-0.15, -0.1) is 0 Å². The molecule has 0 atom stereocenters. The van der Waals surface area contributed by atoms with E-state index in [1.54, 1.807) is 6.20 Å². The van der Waals surface area contributed by atoms with E-state index in [2.05, 4.69) is 9.97 Å². The number of pyridine rings is 1. The van der Waals surface area contributed by atoms with Crippen molar-refractivity contribution in [1.82, 2.24) is 9.97 Å². The van der Waals surface area contributed by atoms with Crippen LogP contribution >= 0.6 is 0 Å². The summed E-state index contributed by atoms with van der Waals surface area (Å²) in [4.78, 5) is 18.1. The summed E-state index contributed by atoms with van der Waals surface area (Å²) in [5.74, 6) is 0. The number of hydrogen-bond acceptors (Lipinski definition) is 2. The fourth-order valence-electron chi connectivity index (χ4n) is 1.53. The van der Waals surface area contributed by atoms with E-state index in [1.807, 2.05) is 20.0 Å². The van der Waals surface area contributed by atoms with Crippen LogP contribution in [0.5, 0.6) is 0 Å². The van der Waals surface area contributed by atoms with Crippen LogP contribution in [-0.2, 0) is 0 Å². The number of fused-ring (bicyclic) bond motifs is 1. The van der Waals surface area contributed by atoms with Gasteiger partial charge in [0.15, 0.2) is 6.29 Å². The molecule has 3 nitrogen and oxygen atoms in total. The van der Waals surface area contributed by atoms with Crippen LogP contribution in [0, 0.1) is 13.8 Å². The summed E-state index contributed by atoms with van der Waals surface area (Å²) in [6, 6.07) is 0. The Kier molecular flexibility index (Phi) is 1.65. The van der Waals surface area contributed by atoms with Crippen molar-refractivity contribution < 1.29 is 4.79 Å². The van der Waals surface area contributed by atoms with Crippen LogP contribution in [0.3, 0.4) is 0 Å². The zero-order valence-corrected chi connectivity index (χ0v) is 7.59. The van der Waals surface area contributed by atoms with Crippen molar-refractivity contribution in [3.63, 3.8) is 0 Å². The normalized spacial score (nSPS) is 10.6. The van der Waals surface area contributed by atoms with Crippen molar-refractivity contribution >= 4 is 17.3 Å². The van der Waals surface area contributed by atoms with Crippen molar-refractivity contribution in [3.8, 4) is 0 Å². The maximum atomic E-state index is 10.8. The molecule has 0 unspecified atom stereocenters. The molecule has 0 spiro atoms. The fraction of sp³-hybridized carbons (Fsp3) is 0.200. The summed E-state index contributed by atoms with van der Waals surface area (Å²) in [6.45, 7) is 3.86. The second-order valence-electron chi connectivity index (χ2n) is 3.17. The van der Waals surface area contributed by atoms with Gasteiger partial charge in [0, 0.05) is 23.3 Å². The van der Waals surface area contributed by atoms with Crippen LogP contribution in [0.25, 0.3) is 11.0 Å². The van der Waals surface area contributed by atoms with E-state index in [0.29, 0.717) is 0 Å². The van der Waals surface area contributed by atoms with Crippen molar-refractivity contribution in [1.29, 1.82) is 0 Å². The highest BCUT2D eigenvalue weighted by Gasteiger charge is 2.08. The Morgan fingerprint density at radius 1 is 1.38 bits per heavy atom. The van der Waals surface area contributed by atoms with Gasteiger partial charge in [-0.1, -0.05) is 0 Å². The molecule has 2 aromatic rings. The van der Waals surface area contributed by atoms with Crippen LogP contribution in [0.1, 0.15) is 21.5 Å². The van der Waals surface area contributed by atoms with Gasteiger partial charge in [0.1, 0.15) is 5.65 Å². The summed E-state index contributed by atoms with van der Waals surface area (Å²) in [5, 5.41) is 0.940. The van der Waals surface area contributed by atoms with Gasteiger partial charge in [-0.05, 0) is 25.0 Å². The molecule has 3 heteroatoms. The number of rotatable bonds is 1. The van der Waals surface area contributed by atoms with Crippen LogP contribution < -0.4 is 0 Å². The molecule has 0 aromatic carbocycles. The second kappa shape index (κ2) is 2.69. The second-order valence-corrected chi connectivity index (χ2v) is 3.17. The molecule has 0 aliphatic carbocycles. The van der Waals surface area contributed by atoms with E-state index >= 15 is 0 Å². The molecule has 0 aliphatic heterocycles. The molecule has 1 N–H and O–H groups in total. The molecule has 2 aromatic heterocycles. The Labute approximate surface area is 75.8 Å². The molecule has 0 saturated carbocycles. The van der Waals surface area contributed by atoms with Crippen LogP contribution in [0.4, 0.5) is 0 Å². The first-order valence-electron chi connectivity index (χ1n) is 4.12. The van der Waals surface area contributed by atoms with Gasteiger partial charge in [-0.25, -0.2) is 4.98 Å². The molecule has 0 radical (unpaired) electrons. The third-order valence-corrected chi connectivity index (χ3v) is 2.26. The molecule has 2 heterocycles. The van der Waals surface area contributed by atoms with Gasteiger partial charge in [0.05, 0.1) is 0 Å². The number of nitrogens with one attached hydrogen (secondary N) is 1. The molecule has 0 aliphatic rings. The minimum absolute atomic E-state index is 0.740. The highest BCUT2D eigenvalue weighted by molar-refractivity contribution is 5.98. The zero-order chi connectivity index (χ0) is 9.42. The van der Waals surface area contributed by atoms with Gasteiger partial charge in [0.2, 0.25) is 0 Å². The van der Waals surface area contributed by atoms with Crippen LogP contribution in [0.2, 0.25) is 0 Å². The van der Waals surface area contributed by atoms with E-state index in [1.165, 1.54) is 0 Å². The molecule has 0 bridgehead atoms. The molecule has 0 fully saturated rings. The number of carbonyl (C=O) groups excluding carboxylic acids is 1. The Morgan fingerprint density at radius 3 is 2.85 bits per heavy atom. The van der Waals surface area contributed by atoms with Gasteiger partial charge in [-0.2, -0.15) is 0 Å². The molecule has 0 saturated heterocycles. The summed E-state index contributed by atoms with van der Waals surface area (Å²) >= 11 is 0. The number of aryl methyl sites for hydroxylation is 2. The van der Waals surface area contributed by atoms with Gasteiger partial charge in [-0.3, -0.25) is 4.79 Å². The SMILES string of the molecule is Cc1cnc2[nH]cc(C)c2c1C=O. The van der Waals surface area contributed by atoms with E-state index in [0.717, 1.165) is 34.0 Å². The summed E-state index contributed by atoms with van der Waals surface area (Å²) in [6.07, 6.45) is 4.46. The maximum absolute atomic E-state index is 10.8.